The van der Waals surface area contributed by atoms with Crippen LogP contribution in [0.4, 0.5) is 0 Å². The zero-order valence-electron chi connectivity index (χ0n) is 27.7. The summed E-state index contributed by atoms with van der Waals surface area (Å²) in [6, 6.07) is 7.00. The van der Waals surface area contributed by atoms with Crippen molar-refractivity contribution in [3.05, 3.63) is 34.9 Å². The Morgan fingerprint density at radius 2 is 1.73 bits per heavy atom. The third-order valence-corrected chi connectivity index (χ3v) is 11.7. The number of nitrogens with two attached hydrogens (primary N) is 1. The zero-order chi connectivity index (χ0) is 32.0. The molecule has 3 aliphatic heterocycles. The van der Waals surface area contributed by atoms with Crippen molar-refractivity contribution < 1.29 is 23.6 Å². The average Bonchev–Trinajstić information content (AvgIpc) is 3.73. The van der Waals surface area contributed by atoms with Gasteiger partial charge in [-0.05, 0) is 89.3 Å². The Balaban J connectivity index is 1.50. The molecule has 0 spiro atoms. The van der Waals surface area contributed by atoms with Gasteiger partial charge in [0.15, 0.2) is 6.04 Å². The molecule has 3 saturated heterocycles. The number of benzene rings is 1. The Hall–Kier alpha value is -2.00. The maximum absolute atomic E-state index is 15.1. The monoisotopic (exact) mass is 629 g/mol. The quantitative estimate of drug-likeness (QED) is 0.423. The molecule has 1 aliphatic carbocycles. The fraction of sp³-hybridized carbons (Fsp3) is 0.743. The Morgan fingerprint density at radius 3 is 2.27 bits per heavy atom. The topological polar surface area (TPSA) is 92.9 Å². The number of nitrogens with zero attached hydrogens (tertiary/aromatic N) is 3. The number of carbonyl (C=O) groups excluding carboxylic acids is 3. The number of likely N-dealkylation sites (N-methyl/N-ethyl adjacent to an activating group) is 1. The smallest absolute Gasteiger partial charge is 0.319 e. The summed E-state index contributed by atoms with van der Waals surface area (Å²) in [4.78, 5) is 47.0. The second-order valence-corrected chi connectivity index (χ2v) is 16.1. The first-order valence-electron chi connectivity index (χ1n) is 16.8. The molecular formula is C35H54ClN4O4+. The molecule has 6 atom stereocenters. The summed E-state index contributed by atoms with van der Waals surface area (Å²) in [7, 11) is 0. The number of hydrogen-bond acceptors (Lipinski definition) is 5. The van der Waals surface area contributed by atoms with Crippen LogP contribution in [-0.4, -0.2) is 94.6 Å². The molecule has 1 unspecified atom stereocenters. The van der Waals surface area contributed by atoms with E-state index in [2.05, 4.69) is 44.4 Å². The number of amides is 3. The van der Waals surface area contributed by atoms with Crippen molar-refractivity contribution in [2.75, 3.05) is 32.8 Å². The summed E-state index contributed by atoms with van der Waals surface area (Å²) in [6.45, 7) is 16.0. The predicted octanol–water partition coefficient (Wildman–Crippen LogP) is 5.12. The van der Waals surface area contributed by atoms with Crippen molar-refractivity contribution in [2.45, 2.75) is 122 Å². The molecule has 2 N–H and O–H groups in total. The third-order valence-electron chi connectivity index (χ3n) is 11.4. The van der Waals surface area contributed by atoms with Crippen LogP contribution in [0.2, 0.25) is 5.02 Å². The fourth-order valence-corrected chi connectivity index (χ4v) is 8.71. The number of carbonyl (C=O) groups is 3. The van der Waals surface area contributed by atoms with Crippen LogP contribution in [-0.2, 0) is 19.1 Å². The highest BCUT2D eigenvalue weighted by Gasteiger charge is 2.60. The van der Waals surface area contributed by atoms with E-state index in [1.807, 2.05) is 31.2 Å². The highest BCUT2D eigenvalue weighted by atomic mass is 35.5. The van der Waals surface area contributed by atoms with E-state index >= 15 is 4.79 Å². The Bertz CT molecular complexity index is 1210. The Labute approximate surface area is 269 Å². The van der Waals surface area contributed by atoms with Crippen LogP contribution >= 0.6 is 11.6 Å². The molecule has 0 radical (unpaired) electrons. The number of rotatable bonds is 7. The summed E-state index contributed by atoms with van der Waals surface area (Å²) in [5, 5.41) is 0.664. The molecule has 1 aromatic carbocycles. The molecule has 44 heavy (non-hydrogen) atoms. The van der Waals surface area contributed by atoms with Crippen LogP contribution in [0.15, 0.2) is 24.3 Å². The molecule has 0 bridgehead atoms. The lowest BCUT2D eigenvalue weighted by molar-refractivity contribution is -0.858. The molecule has 8 nitrogen and oxygen atoms in total. The van der Waals surface area contributed by atoms with Crippen LogP contribution < -0.4 is 5.73 Å². The molecular weight excluding hydrogens is 576 g/mol. The molecule has 4 aliphatic rings. The van der Waals surface area contributed by atoms with Crippen molar-refractivity contribution in [3.8, 4) is 0 Å². The van der Waals surface area contributed by atoms with Gasteiger partial charge >= 0.3 is 5.91 Å². The second kappa shape index (κ2) is 12.7. The molecule has 244 valence electrons. The van der Waals surface area contributed by atoms with Gasteiger partial charge in [-0.2, -0.15) is 0 Å². The van der Waals surface area contributed by atoms with E-state index in [1.54, 1.807) is 0 Å². The summed E-state index contributed by atoms with van der Waals surface area (Å²) in [5.74, 6) is -0.694. The molecule has 9 heteroatoms. The van der Waals surface area contributed by atoms with Crippen LogP contribution in [0.1, 0.15) is 98.0 Å². The van der Waals surface area contributed by atoms with Gasteiger partial charge in [0.2, 0.25) is 0 Å². The summed E-state index contributed by atoms with van der Waals surface area (Å²) in [6.07, 6.45) is 5.49. The summed E-state index contributed by atoms with van der Waals surface area (Å²) >= 11 is 6.25. The molecule has 0 aromatic heterocycles. The van der Waals surface area contributed by atoms with Gasteiger partial charge < -0.3 is 15.4 Å². The number of primary amides is 1. The predicted molar refractivity (Wildman–Crippen MR) is 173 cm³/mol. The van der Waals surface area contributed by atoms with Gasteiger partial charge in [0, 0.05) is 48.6 Å². The van der Waals surface area contributed by atoms with Gasteiger partial charge in [0.1, 0.15) is 12.6 Å². The summed E-state index contributed by atoms with van der Waals surface area (Å²) < 4.78 is 5.91. The number of halogens is 1. The van der Waals surface area contributed by atoms with Crippen LogP contribution in [0, 0.1) is 11.3 Å². The number of hydrogen-bond donors (Lipinski definition) is 1. The van der Waals surface area contributed by atoms with E-state index in [1.165, 1.54) is 0 Å². The summed E-state index contributed by atoms with van der Waals surface area (Å²) in [5.41, 5.74) is 7.37. The minimum absolute atomic E-state index is 0.000254. The molecule has 5 rings (SSSR count). The lowest BCUT2D eigenvalue weighted by Crippen LogP contribution is -2.63. The minimum Gasteiger partial charge on any atom is -0.368 e. The van der Waals surface area contributed by atoms with Gasteiger partial charge in [-0.3, -0.25) is 14.5 Å². The molecule has 3 amide bonds. The Morgan fingerprint density at radius 1 is 1.07 bits per heavy atom. The van der Waals surface area contributed by atoms with E-state index in [0.717, 1.165) is 50.6 Å². The lowest BCUT2D eigenvalue weighted by atomic mass is 9.75. The van der Waals surface area contributed by atoms with Crippen molar-refractivity contribution >= 4 is 29.3 Å². The first-order valence-corrected chi connectivity index (χ1v) is 17.2. The molecule has 1 aromatic rings. The fourth-order valence-electron chi connectivity index (χ4n) is 8.59. The van der Waals surface area contributed by atoms with Crippen LogP contribution in [0.5, 0.6) is 0 Å². The second-order valence-electron chi connectivity index (χ2n) is 15.7. The molecule has 4 fully saturated rings. The standard InChI is InChI=1S/C35H53ClN4O4/c1-7-40(33(43)28-21-38(34(2,3)4)20-27(28)23-10-12-24(36)13-11-23)22-26(19-29(40)31(37)41)39(32(42)30-9-8-18-44-30)25-14-16-35(5,6)17-15-25/h10-13,25-30H,7-9,14-22H2,1-6H3,(H-,37,41)/p+1/t26-,27-,28+,29-,30-,40?/m0/s1. The zero-order valence-corrected chi connectivity index (χ0v) is 28.4. The van der Waals surface area contributed by atoms with Gasteiger partial charge in [-0.1, -0.05) is 37.6 Å². The van der Waals surface area contributed by atoms with Crippen molar-refractivity contribution in [3.63, 3.8) is 0 Å². The van der Waals surface area contributed by atoms with Gasteiger partial charge in [0.05, 0.1) is 18.5 Å². The van der Waals surface area contributed by atoms with Gasteiger partial charge in [-0.15, -0.1) is 0 Å². The van der Waals surface area contributed by atoms with Gasteiger partial charge in [-0.25, -0.2) is 9.28 Å². The SMILES string of the molecule is CC[N+]1(C(=O)[C@@H]2CN(C(C)(C)C)C[C@H]2c2ccc(Cl)cc2)C[C@@H](N(C(=O)[C@@H]2CCCO2)C2CCC(C)(C)CC2)C[C@H]1C(N)=O. The van der Waals surface area contributed by atoms with E-state index in [4.69, 9.17) is 22.1 Å². The molecule has 3 heterocycles. The first-order chi connectivity index (χ1) is 20.7. The van der Waals surface area contributed by atoms with Crippen LogP contribution in [0.25, 0.3) is 0 Å². The van der Waals surface area contributed by atoms with Gasteiger partial charge in [0.25, 0.3) is 11.8 Å². The highest BCUT2D eigenvalue weighted by Crippen LogP contribution is 2.44. The van der Waals surface area contributed by atoms with Crippen LogP contribution in [0.3, 0.4) is 0 Å². The highest BCUT2D eigenvalue weighted by molar-refractivity contribution is 6.30. The average molecular weight is 630 g/mol. The van der Waals surface area contributed by atoms with Crippen molar-refractivity contribution in [1.29, 1.82) is 0 Å². The maximum Gasteiger partial charge on any atom is 0.319 e. The van der Waals surface area contributed by atoms with E-state index < -0.39 is 18.1 Å². The number of likely N-dealkylation sites (tertiary alicyclic amines) is 2. The van der Waals surface area contributed by atoms with E-state index in [0.29, 0.717) is 37.7 Å². The minimum atomic E-state index is -0.674. The normalized spacial score (nSPS) is 33.0. The number of ether oxygens (including phenoxy) is 1. The first kappa shape index (κ1) is 33.4. The van der Waals surface area contributed by atoms with E-state index in [-0.39, 0.29) is 51.2 Å². The van der Waals surface area contributed by atoms with E-state index in [9.17, 15) is 9.59 Å². The lowest BCUT2D eigenvalue weighted by Gasteiger charge is -2.43. The maximum atomic E-state index is 15.1. The Kier molecular flexibility index (Phi) is 9.60. The van der Waals surface area contributed by atoms with Crippen molar-refractivity contribution in [2.24, 2.45) is 17.1 Å². The largest absolute Gasteiger partial charge is 0.368 e. The van der Waals surface area contributed by atoms with Crippen molar-refractivity contribution in [1.82, 2.24) is 9.80 Å². The molecule has 1 saturated carbocycles. The number of quaternary nitrogens is 1. The third kappa shape index (κ3) is 6.47.